The molecule has 3 aromatic rings. The van der Waals surface area contributed by atoms with Crippen molar-refractivity contribution in [3.8, 4) is 0 Å². The Bertz CT molecular complexity index is 879. The molecule has 0 aliphatic carbocycles. The predicted molar refractivity (Wildman–Crippen MR) is 89.8 cm³/mol. The van der Waals surface area contributed by atoms with Crippen LogP contribution in [0, 0.1) is 5.82 Å². The molecule has 0 spiro atoms. The number of halogens is 1. The maximum Gasteiger partial charge on any atom is 0.361 e. The lowest BCUT2D eigenvalue weighted by Crippen LogP contribution is -2.16. The molecule has 0 aliphatic heterocycles. The molecule has 0 atom stereocenters. The Kier molecular flexibility index (Phi) is 4.37. The summed E-state index contributed by atoms with van der Waals surface area (Å²) in [7, 11) is 0. The summed E-state index contributed by atoms with van der Waals surface area (Å²) in [5, 5.41) is 3.00. The number of para-hydroxylation sites is 2. The summed E-state index contributed by atoms with van der Waals surface area (Å²) in [6.07, 6.45) is -0.274. The van der Waals surface area contributed by atoms with Gasteiger partial charge in [0.2, 0.25) is 0 Å². The fraction of sp³-hybridized carbons (Fsp3) is 0.167. The van der Waals surface area contributed by atoms with E-state index >= 15 is 0 Å². The van der Waals surface area contributed by atoms with Gasteiger partial charge in [0, 0.05) is 5.69 Å². The number of hydrogen-bond acceptors (Lipinski definition) is 5. The molecule has 122 valence electrons. The zero-order valence-corrected chi connectivity index (χ0v) is 13.3. The first-order chi connectivity index (χ1) is 11.5. The van der Waals surface area contributed by atoms with Crippen molar-refractivity contribution < 1.29 is 13.9 Å². The Morgan fingerprint density at radius 3 is 2.29 bits per heavy atom. The van der Waals surface area contributed by atoms with Gasteiger partial charge < -0.3 is 10.1 Å². The van der Waals surface area contributed by atoms with Gasteiger partial charge in [-0.05, 0) is 50.2 Å². The van der Waals surface area contributed by atoms with E-state index in [1.54, 1.807) is 38.1 Å². The van der Waals surface area contributed by atoms with Crippen molar-refractivity contribution >= 4 is 28.5 Å². The number of carbonyl (C=O) groups is 1. The van der Waals surface area contributed by atoms with Crippen LogP contribution in [-0.2, 0) is 4.74 Å². The molecule has 1 N–H and O–H groups in total. The van der Waals surface area contributed by atoms with Crippen molar-refractivity contribution in [2.24, 2.45) is 0 Å². The number of anilines is 2. The molecular weight excluding hydrogens is 309 g/mol. The largest absolute Gasteiger partial charge is 0.458 e. The average Bonchev–Trinajstić information content (AvgIpc) is 2.55. The fourth-order valence-electron chi connectivity index (χ4n) is 2.17. The molecule has 24 heavy (non-hydrogen) atoms. The third-order valence-electron chi connectivity index (χ3n) is 3.21. The van der Waals surface area contributed by atoms with E-state index in [0.29, 0.717) is 16.7 Å². The van der Waals surface area contributed by atoms with Crippen molar-refractivity contribution in [3.63, 3.8) is 0 Å². The number of ether oxygens (including phenoxy) is 1. The lowest BCUT2D eigenvalue weighted by molar-refractivity contribution is 0.0372. The molecule has 1 heterocycles. The van der Waals surface area contributed by atoms with Crippen LogP contribution in [0.15, 0.2) is 48.5 Å². The zero-order valence-electron chi connectivity index (χ0n) is 13.3. The van der Waals surface area contributed by atoms with E-state index < -0.39 is 5.97 Å². The molecule has 0 bridgehead atoms. The van der Waals surface area contributed by atoms with Crippen LogP contribution in [0.1, 0.15) is 24.3 Å². The number of nitrogens with zero attached hydrogens (tertiary/aromatic N) is 2. The van der Waals surface area contributed by atoms with Gasteiger partial charge in [0.1, 0.15) is 5.82 Å². The highest BCUT2D eigenvalue weighted by molar-refractivity contribution is 5.96. The number of nitrogens with one attached hydrogen (secondary N) is 1. The molecule has 0 radical (unpaired) electrons. The first-order valence-corrected chi connectivity index (χ1v) is 7.53. The highest BCUT2D eigenvalue weighted by Crippen LogP contribution is 2.22. The number of benzene rings is 2. The molecule has 6 heteroatoms. The number of aromatic nitrogens is 2. The van der Waals surface area contributed by atoms with Gasteiger partial charge in [-0.1, -0.05) is 12.1 Å². The van der Waals surface area contributed by atoms with Crippen LogP contribution in [0.25, 0.3) is 11.0 Å². The Morgan fingerprint density at radius 1 is 1.04 bits per heavy atom. The molecule has 5 nitrogen and oxygen atoms in total. The zero-order chi connectivity index (χ0) is 17.1. The van der Waals surface area contributed by atoms with Gasteiger partial charge in [0.05, 0.1) is 17.1 Å². The maximum absolute atomic E-state index is 13.1. The molecule has 0 saturated carbocycles. The summed E-state index contributed by atoms with van der Waals surface area (Å²) < 4.78 is 18.3. The number of esters is 1. The molecule has 1 aromatic heterocycles. The summed E-state index contributed by atoms with van der Waals surface area (Å²) >= 11 is 0. The minimum absolute atomic E-state index is 0.0896. The van der Waals surface area contributed by atoms with Gasteiger partial charge >= 0.3 is 5.97 Å². The lowest BCUT2D eigenvalue weighted by Gasteiger charge is -2.13. The summed E-state index contributed by atoms with van der Waals surface area (Å²) in [6.45, 7) is 3.53. The Morgan fingerprint density at radius 2 is 1.67 bits per heavy atom. The Hall–Kier alpha value is -3.02. The predicted octanol–water partition coefficient (Wildman–Crippen LogP) is 4.08. The maximum atomic E-state index is 13.1. The smallest absolute Gasteiger partial charge is 0.361 e. The number of fused-ring (bicyclic) bond motifs is 1. The van der Waals surface area contributed by atoms with Gasteiger partial charge in [0.15, 0.2) is 11.5 Å². The monoisotopic (exact) mass is 325 g/mol. The second kappa shape index (κ2) is 6.62. The molecule has 0 aliphatic rings. The van der Waals surface area contributed by atoms with Gasteiger partial charge in [-0.3, -0.25) is 0 Å². The van der Waals surface area contributed by atoms with E-state index in [2.05, 4.69) is 15.3 Å². The summed E-state index contributed by atoms with van der Waals surface area (Å²) in [5.74, 6) is -0.636. The topological polar surface area (TPSA) is 64.1 Å². The summed E-state index contributed by atoms with van der Waals surface area (Å²) in [6, 6.07) is 13.0. The van der Waals surface area contributed by atoms with Crippen LogP contribution in [0.2, 0.25) is 0 Å². The Labute approximate surface area is 138 Å². The first-order valence-electron chi connectivity index (χ1n) is 7.53. The van der Waals surface area contributed by atoms with Crippen molar-refractivity contribution in [1.82, 2.24) is 9.97 Å². The van der Waals surface area contributed by atoms with Crippen molar-refractivity contribution in [2.45, 2.75) is 20.0 Å². The standard InChI is InChI=1S/C18H16FN3O2/c1-11(2)24-18(23)16-17(20-13-9-7-12(19)8-10-13)22-15-6-4-3-5-14(15)21-16/h3-11H,1-2H3,(H,20,22). The van der Waals surface area contributed by atoms with Crippen LogP contribution in [0.4, 0.5) is 15.9 Å². The van der Waals surface area contributed by atoms with Gasteiger partial charge in [-0.25, -0.2) is 19.2 Å². The summed E-state index contributed by atoms with van der Waals surface area (Å²) in [5.41, 5.74) is 1.92. The number of carbonyl (C=O) groups excluding carboxylic acids is 1. The molecule has 0 unspecified atom stereocenters. The van der Waals surface area contributed by atoms with E-state index in [4.69, 9.17) is 4.74 Å². The van der Waals surface area contributed by atoms with Crippen LogP contribution in [0.3, 0.4) is 0 Å². The van der Waals surface area contributed by atoms with E-state index in [9.17, 15) is 9.18 Å². The minimum Gasteiger partial charge on any atom is -0.458 e. The van der Waals surface area contributed by atoms with E-state index in [1.165, 1.54) is 12.1 Å². The second-order valence-electron chi connectivity index (χ2n) is 5.50. The van der Waals surface area contributed by atoms with Crippen molar-refractivity contribution in [2.75, 3.05) is 5.32 Å². The summed E-state index contributed by atoms with van der Waals surface area (Å²) in [4.78, 5) is 21.2. The third-order valence-corrected chi connectivity index (χ3v) is 3.21. The van der Waals surface area contributed by atoms with Gasteiger partial charge in [0.25, 0.3) is 0 Å². The van der Waals surface area contributed by atoms with E-state index in [-0.39, 0.29) is 23.4 Å². The SMILES string of the molecule is CC(C)OC(=O)c1nc2ccccc2nc1Nc1ccc(F)cc1. The number of rotatable bonds is 4. The molecule has 3 rings (SSSR count). The first kappa shape index (κ1) is 15.9. The second-order valence-corrected chi connectivity index (χ2v) is 5.50. The molecule has 2 aromatic carbocycles. The lowest BCUT2D eigenvalue weighted by atomic mass is 10.2. The third kappa shape index (κ3) is 3.48. The highest BCUT2D eigenvalue weighted by Gasteiger charge is 2.19. The quantitative estimate of drug-likeness (QED) is 0.732. The van der Waals surface area contributed by atoms with Crippen LogP contribution in [0.5, 0.6) is 0 Å². The molecule has 0 saturated heterocycles. The fourth-order valence-corrected chi connectivity index (χ4v) is 2.17. The molecule has 0 amide bonds. The van der Waals surface area contributed by atoms with E-state index in [0.717, 1.165) is 0 Å². The minimum atomic E-state index is -0.562. The number of hydrogen-bond donors (Lipinski definition) is 1. The van der Waals surface area contributed by atoms with Gasteiger partial charge in [-0.15, -0.1) is 0 Å². The molecule has 0 fully saturated rings. The average molecular weight is 325 g/mol. The van der Waals surface area contributed by atoms with E-state index in [1.807, 2.05) is 12.1 Å². The highest BCUT2D eigenvalue weighted by atomic mass is 19.1. The Balaban J connectivity index is 2.05. The molecular formula is C18H16FN3O2. The van der Waals surface area contributed by atoms with Gasteiger partial charge in [-0.2, -0.15) is 0 Å². The van der Waals surface area contributed by atoms with Crippen molar-refractivity contribution in [1.29, 1.82) is 0 Å². The van der Waals surface area contributed by atoms with Crippen LogP contribution >= 0.6 is 0 Å². The van der Waals surface area contributed by atoms with Crippen LogP contribution in [-0.4, -0.2) is 22.0 Å². The van der Waals surface area contributed by atoms with Crippen molar-refractivity contribution in [3.05, 3.63) is 60.0 Å². The normalized spacial score (nSPS) is 10.8. The van der Waals surface area contributed by atoms with Crippen LogP contribution < -0.4 is 5.32 Å².